The molecule has 5 nitrogen and oxygen atoms in total. The van der Waals surface area contributed by atoms with Gasteiger partial charge in [-0.15, -0.1) is 0 Å². The molecule has 4 rings (SSSR count). The second-order valence-electron chi connectivity index (χ2n) is 7.55. The van der Waals surface area contributed by atoms with Crippen LogP contribution in [0, 0.1) is 5.92 Å². The molecule has 1 aliphatic heterocycles. The third kappa shape index (κ3) is 3.57. The fourth-order valence-corrected chi connectivity index (χ4v) is 3.89. The molecule has 0 aliphatic carbocycles. The molecule has 1 aromatic heterocycles. The average molecular weight is 374 g/mol. The number of nitrogens with one attached hydrogen (secondary N) is 1. The molecule has 1 amide bonds. The number of carbonyl (C=O) groups excluding carboxylic acids is 1. The second kappa shape index (κ2) is 7.97. The molecule has 0 radical (unpaired) electrons. The van der Waals surface area contributed by atoms with Crippen LogP contribution in [0.15, 0.2) is 54.6 Å². The summed E-state index contributed by atoms with van der Waals surface area (Å²) in [7, 11) is 0. The van der Waals surface area contributed by atoms with Crippen LogP contribution >= 0.6 is 0 Å². The fourth-order valence-electron chi connectivity index (χ4n) is 3.89. The molecular formula is C23H26N4O. The fraction of sp³-hybridized carbons (Fsp3) is 0.348. The monoisotopic (exact) mass is 374 g/mol. The smallest absolute Gasteiger partial charge is 0.255 e. The highest BCUT2D eigenvalue weighted by atomic mass is 16.2. The van der Waals surface area contributed by atoms with E-state index in [1.54, 1.807) is 0 Å². The Balaban J connectivity index is 1.54. The molecule has 0 unspecified atom stereocenters. The minimum absolute atomic E-state index is 0.0801. The van der Waals surface area contributed by atoms with Crippen molar-refractivity contribution >= 4 is 5.91 Å². The van der Waals surface area contributed by atoms with Gasteiger partial charge in [0.25, 0.3) is 5.91 Å². The molecule has 0 bridgehead atoms. The summed E-state index contributed by atoms with van der Waals surface area (Å²) in [5, 5.41) is 7.61. The summed E-state index contributed by atoms with van der Waals surface area (Å²) >= 11 is 0. The third-order valence-corrected chi connectivity index (χ3v) is 5.67. The number of H-pyrrole nitrogens is 1. The van der Waals surface area contributed by atoms with E-state index in [-0.39, 0.29) is 17.9 Å². The number of carbonyl (C=O) groups is 1. The summed E-state index contributed by atoms with van der Waals surface area (Å²) < 4.78 is 0. The Morgan fingerprint density at radius 3 is 2.57 bits per heavy atom. The zero-order chi connectivity index (χ0) is 19.5. The van der Waals surface area contributed by atoms with Crippen LogP contribution in [0.2, 0.25) is 0 Å². The van der Waals surface area contributed by atoms with E-state index in [1.165, 1.54) is 5.56 Å². The Bertz CT molecular complexity index is 950. The van der Waals surface area contributed by atoms with Gasteiger partial charge in [0.15, 0.2) is 5.82 Å². The molecule has 5 heteroatoms. The van der Waals surface area contributed by atoms with Crippen molar-refractivity contribution < 1.29 is 4.79 Å². The van der Waals surface area contributed by atoms with Crippen LogP contribution in [-0.4, -0.2) is 26.0 Å². The maximum absolute atomic E-state index is 13.0. The highest BCUT2D eigenvalue weighted by Crippen LogP contribution is 2.35. The van der Waals surface area contributed by atoms with Crippen LogP contribution < -0.4 is 0 Å². The molecular weight excluding hydrogens is 348 g/mol. The van der Waals surface area contributed by atoms with Crippen molar-refractivity contribution in [2.75, 3.05) is 0 Å². The first-order chi connectivity index (χ1) is 13.7. The molecule has 2 atom stereocenters. The van der Waals surface area contributed by atoms with Crippen molar-refractivity contribution in [3.63, 3.8) is 0 Å². The van der Waals surface area contributed by atoms with Crippen molar-refractivity contribution in [1.29, 1.82) is 0 Å². The second-order valence-corrected chi connectivity index (χ2v) is 7.55. The first-order valence-corrected chi connectivity index (χ1v) is 10.0. The SMILES string of the molecule is CC[C@H](C)[C@@H](c1n[nH]c(CCc2ccccc2)n1)N1Cc2ccccc2C1=O. The number of nitrogens with zero attached hydrogens (tertiary/aromatic N) is 3. The van der Waals surface area contributed by atoms with E-state index in [1.807, 2.05) is 35.2 Å². The van der Waals surface area contributed by atoms with E-state index in [0.717, 1.165) is 42.0 Å². The summed E-state index contributed by atoms with van der Waals surface area (Å²) in [5.41, 5.74) is 3.17. The number of aryl methyl sites for hydroxylation is 2. The number of rotatable bonds is 7. The number of fused-ring (bicyclic) bond motifs is 1. The first kappa shape index (κ1) is 18.4. The summed E-state index contributed by atoms with van der Waals surface area (Å²) in [5.74, 6) is 1.95. The number of amides is 1. The van der Waals surface area contributed by atoms with Gasteiger partial charge in [-0.05, 0) is 29.5 Å². The minimum atomic E-state index is -0.119. The van der Waals surface area contributed by atoms with Gasteiger partial charge in [0.1, 0.15) is 5.82 Å². The lowest BCUT2D eigenvalue weighted by Crippen LogP contribution is -2.34. The van der Waals surface area contributed by atoms with Crippen LogP contribution in [0.5, 0.6) is 0 Å². The number of aromatic nitrogens is 3. The summed E-state index contributed by atoms with van der Waals surface area (Å²) in [4.78, 5) is 19.7. The molecule has 144 valence electrons. The molecule has 1 N–H and O–H groups in total. The molecule has 28 heavy (non-hydrogen) atoms. The lowest BCUT2D eigenvalue weighted by Gasteiger charge is -2.30. The molecule has 0 spiro atoms. The van der Waals surface area contributed by atoms with Crippen LogP contribution in [0.25, 0.3) is 0 Å². The number of hydrogen-bond acceptors (Lipinski definition) is 3. The van der Waals surface area contributed by atoms with Gasteiger partial charge in [0, 0.05) is 18.5 Å². The van der Waals surface area contributed by atoms with Gasteiger partial charge in [-0.1, -0.05) is 68.8 Å². The Hall–Kier alpha value is -2.95. The van der Waals surface area contributed by atoms with E-state index in [2.05, 4.69) is 48.3 Å². The zero-order valence-corrected chi connectivity index (χ0v) is 16.4. The van der Waals surface area contributed by atoms with Gasteiger partial charge in [0.05, 0.1) is 6.04 Å². The largest absolute Gasteiger partial charge is 0.324 e. The summed E-state index contributed by atoms with van der Waals surface area (Å²) in [6, 6.07) is 18.1. The van der Waals surface area contributed by atoms with Crippen molar-refractivity contribution in [3.8, 4) is 0 Å². The van der Waals surface area contributed by atoms with E-state index in [4.69, 9.17) is 4.98 Å². The van der Waals surface area contributed by atoms with Crippen LogP contribution in [-0.2, 0) is 19.4 Å². The molecule has 1 aliphatic rings. The number of hydrogen-bond donors (Lipinski definition) is 1. The Morgan fingerprint density at radius 2 is 1.82 bits per heavy atom. The van der Waals surface area contributed by atoms with Crippen LogP contribution in [0.1, 0.15) is 59.4 Å². The van der Waals surface area contributed by atoms with Gasteiger partial charge in [-0.25, -0.2) is 4.98 Å². The van der Waals surface area contributed by atoms with Gasteiger partial charge in [0.2, 0.25) is 0 Å². The minimum Gasteiger partial charge on any atom is -0.324 e. The molecule has 2 aromatic carbocycles. The molecule has 2 heterocycles. The highest BCUT2D eigenvalue weighted by molar-refractivity contribution is 5.98. The standard InChI is InChI=1S/C23H26N4O/c1-3-16(2)21(27-15-18-11-7-8-12-19(18)23(27)28)22-24-20(25-26-22)14-13-17-9-5-4-6-10-17/h4-12,16,21H,3,13-15H2,1-2H3,(H,24,25,26)/t16-,21-/m0/s1. The molecule has 0 fully saturated rings. The molecule has 3 aromatic rings. The van der Waals surface area contributed by atoms with E-state index < -0.39 is 0 Å². The number of aromatic amines is 1. The maximum atomic E-state index is 13.0. The topological polar surface area (TPSA) is 61.9 Å². The molecule has 0 saturated heterocycles. The van der Waals surface area contributed by atoms with E-state index in [0.29, 0.717) is 6.54 Å². The zero-order valence-electron chi connectivity index (χ0n) is 16.4. The van der Waals surface area contributed by atoms with Crippen molar-refractivity contribution in [2.45, 2.75) is 45.7 Å². The Kier molecular flexibility index (Phi) is 5.24. The van der Waals surface area contributed by atoms with Crippen molar-refractivity contribution in [3.05, 3.63) is 82.9 Å². The normalized spacial score (nSPS) is 15.5. The van der Waals surface area contributed by atoms with Gasteiger partial charge in [-0.2, -0.15) is 5.10 Å². The predicted octanol–water partition coefficient (Wildman–Crippen LogP) is 4.33. The Labute approximate surface area is 165 Å². The first-order valence-electron chi connectivity index (χ1n) is 10.0. The summed E-state index contributed by atoms with van der Waals surface area (Å²) in [6.45, 7) is 4.94. The quantitative estimate of drug-likeness (QED) is 0.669. The van der Waals surface area contributed by atoms with Gasteiger partial charge in [-0.3, -0.25) is 9.89 Å². The highest BCUT2D eigenvalue weighted by Gasteiger charge is 2.37. The average Bonchev–Trinajstić information content (AvgIpc) is 3.33. The van der Waals surface area contributed by atoms with Crippen LogP contribution in [0.4, 0.5) is 0 Å². The van der Waals surface area contributed by atoms with Crippen LogP contribution in [0.3, 0.4) is 0 Å². The predicted molar refractivity (Wildman–Crippen MR) is 109 cm³/mol. The van der Waals surface area contributed by atoms with Gasteiger partial charge < -0.3 is 4.90 Å². The summed E-state index contributed by atoms with van der Waals surface area (Å²) in [6.07, 6.45) is 2.68. The molecule has 0 saturated carbocycles. The maximum Gasteiger partial charge on any atom is 0.255 e. The number of benzene rings is 2. The van der Waals surface area contributed by atoms with Crippen molar-refractivity contribution in [2.24, 2.45) is 5.92 Å². The lowest BCUT2D eigenvalue weighted by atomic mass is 9.97. The van der Waals surface area contributed by atoms with E-state index in [9.17, 15) is 4.79 Å². The van der Waals surface area contributed by atoms with Gasteiger partial charge >= 0.3 is 0 Å². The van der Waals surface area contributed by atoms with E-state index >= 15 is 0 Å². The van der Waals surface area contributed by atoms with Crippen molar-refractivity contribution in [1.82, 2.24) is 20.1 Å². The lowest BCUT2D eigenvalue weighted by molar-refractivity contribution is 0.0623. The third-order valence-electron chi connectivity index (χ3n) is 5.67. The Morgan fingerprint density at radius 1 is 1.07 bits per heavy atom.